The molecule has 0 aromatic heterocycles. The predicted molar refractivity (Wildman–Crippen MR) is 68.0 cm³/mol. The molecule has 0 aromatic rings. The van der Waals surface area contributed by atoms with Crippen molar-refractivity contribution >= 4 is 0 Å². The SMILES string of the molecule is CC(C)N(CCCO)CCOC1CCCCO1. The van der Waals surface area contributed by atoms with E-state index in [0.29, 0.717) is 12.6 Å². The second kappa shape index (κ2) is 8.86. The Labute approximate surface area is 105 Å². The van der Waals surface area contributed by atoms with Crippen molar-refractivity contribution in [3.05, 3.63) is 0 Å². The van der Waals surface area contributed by atoms with Crippen LogP contribution in [0.3, 0.4) is 0 Å². The fourth-order valence-electron chi connectivity index (χ4n) is 2.05. The molecule has 1 rings (SSSR count). The number of aliphatic hydroxyl groups is 1. The van der Waals surface area contributed by atoms with Crippen molar-refractivity contribution < 1.29 is 14.6 Å². The third-order valence-corrected chi connectivity index (χ3v) is 3.15. The van der Waals surface area contributed by atoms with Crippen molar-refractivity contribution in [3.63, 3.8) is 0 Å². The summed E-state index contributed by atoms with van der Waals surface area (Å²) in [5.74, 6) is 0. The van der Waals surface area contributed by atoms with E-state index in [9.17, 15) is 0 Å². The normalized spacial score (nSPS) is 21.4. The van der Waals surface area contributed by atoms with Gasteiger partial charge in [0.25, 0.3) is 0 Å². The highest BCUT2D eigenvalue weighted by Gasteiger charge is 2.15. The maximum atomic E-state index is 8.85. The summed E-state index contributed by atoms with van der Waals surface area (Å²) in [5, 5.41) is 8.85. The van der Waals surface area contributed by atoms with Crippen LogP contribution in [0, 0.1) is 0 Å². The fraction of sp³-hybridized carbons (Fsp3) is 1.00. The van der Waals surface area contributed by atoms with Gasteiger partial charge in [-0.05, 0) is 39.5 Å². The molecule has 1 fully saturated rings. The molecule has 0 amide bonds. The Kier molecular flexibility index (Phi) is 7.77. The zero-order chi connectivity index (χ0) is 12.5. The number of rotatable bonds is 8. The van der Waals surface area contributed by atoms with Crippen LogP contribution in [0.2, 0.25) is 0 Å². The molecule has 0 spiro atoms. The molecule has 4 nitrogen and oxygen atoms in total. The third kappa shape index (κ3) is 6.36. The van der Waals surface area contributed by atoms with Crippen LogP contribution in [0.4, 0.5) is 0 Å². The molecule has 1 aliphatic heterocycles. The van der Waals surface area contributed by atoms with Gasteiger partial charge in [-0.2, -0.15) is 0 Å². The number of ether oxygens (including phenoxy) is 2. The number of aliphatic hydroxyl groups excluding tert-OH is 1. The first-order valence-corrected chi connectivity index (χ1v) is 6.82. The summed E-state index contributed by atoms with van der Waals surface area (Å²) >= 11 is 0. The summed E-state index contributed by atoms with van der Waals surface area (Å²) in [5.41, 5.74) is 0. The molecule has 0 radical (unpaired) electrons. The number of hydrogen-bond donors (Lipinski definition) is 1. The molecular weight excluding hydrogens is 218 g/mol. The van der Waals surface area contributed by atoms with E-state index < -0.39 is 0 Å². The minimum Gasteiger partial charge on any atom is -0.396 e. The molecule has 0 saturated carbocycles. The Hall–Kier alpha value is -0.160. The lowest BCUT2D eigenvalue weighted by Gasteiger charge is -2.28. The van der Waals surface area contributed by atoms with E-state index >= 15 is 0 Å². The van der Waals surface area contributed by atoms with Gasteiger partial charge in [-0.25, -0.2) is 0 Å². The Morgan fingerprint density at radius 2 is 2.18 bits per heavy atom. The van der Waals surface area contributed by atoms with E-state index in [2.05, 4.69) is 18.7 Å². The van der Waals surface area contributed by atoms with Gasteiger partial charge in [0.15, 0.2) is 6.29 Å². The maximum Gasteiger partial charge on any atom is 0.157 e. The Morgan fingerprint density at radius 3 is 2.76 bits per heavy atom. The molecule has 0 bridgehead atoms. The van der Waals surface area contributed by atoms with E-state index in [1.54, 1.807) is 0 Å². The van der Waals surface area contributed by atoms with Gasteiger partial charge in [-0.1, -0.05) is 0 Å². The average molecular weight is 245 g/mol. The van der Waals surface area contributed by atoms with Gasteiger partial charge in [-0.15, -0.1) is 0 Å². The molecule has 17 heavy (non-hydrogen) atoms. The lowest BCUT2D eigenvalue weighted by atomic mass is 10.2. The summed E-state index contributed by atoms with van der Waals surface area (Å²) < 4.78 is 11.2. The first kappa shape index (κ1) is 14.9. The van der Waals surface area contributed by atoms with Crippen LogP contribution < -0.4 is 0 Å². The van der Waals surface area contributed by atoms with Crippen molar-refractivity contribution in [2.24, 2.45) is 0 Å². The molecule has 1 unspecified atom stereocenters. The lowest BCUT2D eigenvalue weighted by molar-refractivity contribution is -0.164. The van der Waals surface area contributed by atoms with Crippen LogP contribution in [0.1, 0.15) is 39.5 Å². The minimum atomic E-state index is 0.00982. The molecular formula is C13H27NO3. The summed E-state index contributed by atoms with van der Waals surface area (Å²) in [6, 6.07) is 0.498. The van der Waals surface area contributed by atoms with Gasteiger partial charge in [0.1, 0.15) is 0 Å². The summed E-state index contributed by atoms with van der Waals surface area (Å²) in [4.78, 5) is 2.33. The third-order valence-electron chi connectivity index (χ3n) is 3.15. The van der Waals surface area contributed by atoms with Crippen LogP contribution in [0.5, 0.6) is 0 Å². The second-order valence-corrected chi connectivity index (χ2v) is 4.87. The van der Waals surface area contributed by atoms with E-state index in [4.69, 9.17) is 14.6 Å². The Bertz CT molecular complexity index is 182. The van der Waals surface area contributed by atoms with E-state index in [0.717, 1.165) is 39.0 Å². The molecule has 1 heterocycles. The number of nitrogens with zero attached hydrogens (tertiary/aromatic N) is 1. The summed E-state index contributed by atoms with van der Waals surface area (Å²) in [6.45, 7) is 8.01. The van der Waals surface area contributed by atoms with Crippen molar-refractivity contribution in [1.29, 1.82) is 0 Å². The topological polar surface area (TPSA) is 41.9 Å². The first-order valence-electron chi connectivity index (χ1n) is 6.82. The predicted octanol–water partition coefficient (Wildman–Crippen LogP) is 1.62. The van der Waals surface area contributed by atoms with Crippen LogP contribution in [0.15, 0.2) is 0 Å². The van der Waals surface area contributed by atoms with Gasteiger partial charge >= 0.3 is 0 Å². The molecule has 1 aliphatic rings. The van der Waals surface area contributed by atoms with E-state index in [-0.39, 0.29) is 12.9 Å². The molecule has 1 atom stereocenters. The Balaban J connectivity index is 2.12. The van der Waals surface area contributed by atoms with Gasteiger partial charge in [0, 0.05) is 32.3 Å². The van der Waals surface area contributed by atoms with Gasteiger partial charge in [0.2, 0.25) is 0 Å². The molecule has 1 N–H and O–H groups in total. The van der Waals surface area contributed by atoms with Crippen LogP contribution in [0.25, 0.3) is 0 Å². The highest BCUT2D eigenvalue weighted by molar-refractivity contribution is 4.63. The summed E-state index contributed by atoms with van der Waals surface area (Å²) in [7, 11) is 0. The van der Waals surface area contributed by atoms with Crippen molar-refractivity contribution in [2.75, 3.05) is 32.9 Å². The van der Waals surface area contributed by atoms with Crippen LogP contribution in [-0.2, 0) is 9.47 Å². The second-order valence-electron chi connectivity index (χ2n) is 4.87. The molecule has 1 saturated heterocycles. The quantitative estimate of drug-likeness (QED) is 0.705. The van der Waals surface area contributed by atoms with Crippen molar-refractivity contribution in [2.45, 2.75) is 51.9 Å². The standard InChI is InChI=1S/C13H27NO3/c1-12(2)14(7-5-9-15)8-11-17-13-6-3-4-10-16-13/h12-13,15H,3-11H2,1-2H3. The first-order chi connectivity index (χ1) is 8.24. The van der Waals surface area contributed by atoms with Crippen molar-refractivity contribution in [1.82, 2.24) is 4.90 Å². The summed E-state index contributed by atoms with van der Waals surface area (Å²) in [6.07, 6.45) is 4.24. The number of hydrogen-bond acceptors (Lipinski definition) is 4. The molecule has 4 heteroatoms. The van der Waals surface area contributed by atoms with Crippen molar-refractivity contribution in [3.8, 4) is 0 Å². The molecule has 102 valence electrons. The van der Waals surface area contributed by atoms with Gasteiger partial charge < -0.3 is 14.6 Å². The fourth-order valence-corrected chi connectivity index (χ4v) is 2.05. The van der Waals surface area contributed by atoms with E-state index in [1.807, 2.05) is 0 Å². The molecule has 0 aliphatic carbocycles. The molecule has 0 aromatic carbocycles. The zero-order valence-electron chi connectivity index (χ0n) is 11.2. The zero-order valence-corrected chi connectivity index (χ0v) is 11.2. The van der Waals surface area contributed by atoms with E-state index in [1.165, 1.54) is 6.42 Å². The largest absolute Gasteiger partial charge is 0.396 e. The smallest absolute Gasteiger partial charge is 0.157 e. The highest BCUT2D eigenvalue weighted by atomic mass is 16.7. The van der Waals surface area contributed by atoms with Gasteiger partial charge in [0.05, 0.1) is 6.61 Å². The highest BCUT2D eigenvalue weighted by Crippen LogP contribution is 2.13. The lowest BCUT2D eigenvalue weighted by Crippen LogP contribution is -2.36. The maximum absolute atomic E-state index is 8.85. The van der Waals surface area contributed by atoms with Crippen LogP contribution >= 0.6 is 0 Å². The monoisotopic (exact) mass is 245 g/mol. The van der Waals surface area contributed by atoms with Crippen LogP contribution in [-0.4, -0.2) is 55.2 Å². The average Bonchev–Trinajstić information content (AvgIpc) is 2.34. The van der Waals surface area contributed by atoms with Gasteiger partial charge in [-0.3, -0.25) is 4.90 Å². The minimum absolute atomic E-state index is 0.00982. The Morgan fingerprint density at radius 1 is 1.35 bits per heavy atom.